The van der Waals surface area contributed by atoms with Gasteiger partial charge in [-0.2, -0.15) is 0 Å². The van der Waals surface area contributed by atoms with E-state index < -0.39 is 8.32 Å². The Morgan fingerprint density at radius 1 is 1.11 bits per heavy atom. The summed E-state index contributed by atoms with van der Waals surface area (Å²) in [4.78, 5) is 0. The molecule has 1 fully saturated rings. The smallest absolute Gasteiger partial charge is 0.192 e. The summed E-state index contributed by atoms with van der Waals surface area (Å²) in [6, 6.07) is 11.4. The highest BCUT2D eigenvalue weighted by molar-refractivity contribution is 6.73. The molecule has 1 aliphatic rings. The molecule has 0 aromatic heterocycles. The lowest BCUT2D eigenvalue weighted by molar-refractivity contribution is 0.148. The SMILES string of the molecule is CC[Si](CC)(CC)O[C@@H](CC/C(C)=C/COCc1ccc(OC)cc1)/C(C)=C\C[C@@H]1O[C@@]1(C)CO. The lowest BCUT2D eigenvalue weighted by atomic mass is 10.00. The number of rotatable bonds is 17. The summed E-state index contributed by atoms with van der Waals surface area (Å²) >= 11 is 0. The van der Waals surface area contributed by atoms with Crippen LogP contribution in [0.2, 0.25) is 18.1 Å². The number of benzene rings is 1. The average Bonchev–Trinajstić information content (AvgIpc) is 3.56. The lowest BCUT2D eigenvalue weighted by Gasteiger charge is -2.34. The molecular formula is C29H48O5Si. The molecule has 0 radical (unpaired) electrons. The molecule has 6 heteroatoms. The maximum Gasteiger partial charge on any atom is 0.192 e. The van der Waals surface area contributed by atoms with E-state index in [4.69, 9.17) is 18.6 Å². The quantitative estimate of drug-likeness (QED) is 0.109. The maximum absolute atomic E-state index is 9.49. The van der Waals surface area contributed by atoms with Gasteiger partial charge in [-0.05, 0) is 81.4 Å². The van der Waals surface area contributed by atoms with Gasteiger partial charge in [0, 0.05) is 0 Å². The van der Waals surface area contributed by atoms with Gasteiger partial charge in [0.15, 0.2) is 8.32 Å². The van der Waals surface area contributed by atoms with Gasteiger partial charge in [-0.1, -0.05) is 50.6 Å². The molecule has 2 rings (SSSR count). The molecule has 3 atom stereocenters. The highest BCUT2D eigenvalue weighted by Gasteiger charge is 2.50. The molecule has 35 heavy (non-hydrogen) atoms. The van der Waals surface area contributed by atoms with Crippen LogP contribution in [0.1, 0.15) is 66.4 Å². The average molecular weight is 505 g/mol. The van der Waals surface area contributed by atoms with E-state index in [1.54, 1.807) is 7.11 Å². The molecule has 1 aromatic rings. The third kappa shape index (κ3) is 9.18. The molecule has 0 unspecified atom stereocenters. The van der Waals surface area contributed by atoms with Gasteiger partial charge in [-0.15, -0.1) is 0 Å². The second-order valence-corrected chi connectivity index (χ2v) is 14.8. The third-order valence-electron chi connectivity index (χ3n) is 7.61. The van der Waals surface area contributed by atoms with E-state index in [2.05, 4.69) is 46.8 Å². The van der Waals surface area contributed by atoms with Crippen LogP contribution in [-0.2, 0) is 20.5 Å². The molecule has 1 heterocycles. The number of hydrogen-bond donors (Lipinski definition) is 1. The molecule has 0 saturated carbocycles. The molecule has 1 saturated heterocycles. The van der Waals surface area contributed by atoms with Crippen LogP contribution in [0, 0.1) is 0 Å². The largest absolute Gasteiger partial charge is 0.497 e. The van der Waals surface area contributed by atoms with Crippen LogP contribution < -0.4 is 4.74 Å². The molecule has 0 aliphatic carbocycles. The first kappa shape index (κ1) is 29.8. The zero-order valence-corrected chi connectivity index (χ0v) is 24.1. The van der Waals surface area contributed by atoms with Crippen molar-refractivity contribution in [2.75, 3.05) is 20.3 Å². The number of aliphatic hydroxyl groups is 1. The molecule has 0 amide bonds. The fourth-order valence-electron chi connectivity index (χ4n) is 4.39. The minimum absolute atomic E-state index is 0.0759. The van der Waals surface area contributed by atoms with Crippen LogP contribution in [0.5, 0.6) is 5.75 Å². The van der Waals surface area contributed by atoms with Crippen molar-refractivity contribution in [1.82, 2.24) is 0 Å². The van der Waals surface area contributed by atoms with Gasteiger partial charge in [0.05, 0.1) is 39.1 Å². The van der Waals surface area contributed by atoms with E-state index in [0.717, 1.165) is 48.7 Å². The zero-order chi connectivity index (χ0) is 25.9. The minimum Gasteiger partial charge on any atom is -0.497 e. The van der Waals surface area contributed by atoms with Gasteiger partial charge in [-0.25, -0.2) is 0 Å². The number of aliphatic hydroxyl groups excluding tert-OH is 1. The van der Waals surface area contributed by atoms with E-state index in [1.165, 1.54) is 11.1 Å². The summed E-state index contributed by atoms with van der Waals surface area (Å²) in [6.07, 6.45) is 7.48. The first-order valence-electron chi connectivity index (χ1n) is 13.2. The van der Waals surface area contributed by atoms with Crippen molar-refractivity contribution in [3.05, 3.63) is 53.1 Å². The number of epoxide rings is 1. The van der Waals surface area contributed by atoms with Crippen molar-refractivity contribution in [2.24, 2.45) is 0 Å². The molecule has 198 valence electrons. The number of hydrogen-bond acceptors (Lipinski definition) is 5. The Kier molecular flexibility index (Phi) is 12.2. The van der Waals surface area contributed by atoms with Crippen molar-refractivity contribution < 1.29 is 23.7 Å². The summed E-state index contributed by atoms with van der Waals surface area (Å²) in [5.74, 6) is 0.860. The molecule has 0 spiro atoms. The molecule has 1 aliphatic heterocycles. The Bertz CT molecular complexity index is 807. The summed E-state index contributed by atoms with van der Waals surface area (Å²) in [7, 11) is -0.0560. The summed E-state index contributed by atoms with van der Waals surface area (Å²) in [5, 5.41) is 9.49. The molecule has 0 bridgehead atoms. The Hall–Kier alpha value is -1.44. The second-order valence-electron chi connectivity index (χ2n) is 10.1. The van der Waals surface area contributed by atoms with Crippen LogP contribution in [-0.4, -0.2) is 51.6 Å². The monoisotopic (exact) mass is 504 g/mol. The van der Waals surface area contributed by atoms with Crippen molar-refractivity contribution in [3.8, 4) is 5.75 Å². The van der Waals surface area contributed by atoms with E-state index in [1.807, 2.05) is 31.2 Å². The van der Waals surface area contributed by atoms with E-state index in [-0.39, 0.29) is 24.4 Å². The Balaban J connectivity index is 1.92. The molecule has 1 aromatic carbocycles. The highest BCUT2D eigenvalue weighted by Crippen LogP contribution is 2.38. The first-order chi connectivity index (χ1) is 16.7. The topological polar surface area (TPSA) is 60.5 Å². The van der Waals surface area contributed by atoms with Crippen LogP contribution in [0.4, 0.5) is 0 Å². The van der Waals surface area contributed by atoms with Gasteiger partial charge < -0.3 is 23.7 Å². The van der Waals surface area contributed by atoms with Gasteiger partial charge in [-0.3, -0.25) is 0 Å². The Morgan fingerprint density at radius 2 is 1.77 bits per heavy atom. The molecular weight excluding hydrogens is 456 g/mol. The van der Waals surface area contributed by atoms with Gasteiger partial charge in [0.25, 0.3) is 0 Å². The number of allylic oxidation sites excluding steroid dienone is 1. The van der Waals surface area contributed by atoms with Crippen molar-refractivity contribution in [1.29, 1.82) is 0 Å². The number of ether oxygens (including phenoxy) is 3. The van der Waals surface area contributed by atoms with E-state index >= 15 is 0 Å². The van der Waals surface area contributed by atoms with Crippen LogP contribution >= 0.6 is 0 Å². The number of methoxy groups -OCH3 is 1. The fraction of sp³-hybridized carbons (Fsp3) is 0.655. The molecule has 1 N–H and O–H groups in total. The fourth-order valence-corrected chi connectivity index (χ4v) is 7.30. The molecule has 5 nitrogen and oxygen atoms in total. The maximum atomic E-state index is 9.49. The van der Waals surface area contributed by atoms with Crippen LogP contribution in [0.15, 0.2) is 47.6 Å². The van der Waals surface area contributed by atoms with E-state index in [9.17, 15) is 5.11 Å². The Labute approximate surface area is 214 Å². The van der Waals surface area contributed by atoms with Gasteiger partial charge >= 0.3 is 0 Å². The first-order valence-corrected chi connectivity index (χ1v) is 15.8. The van der Waals surface area contributed by atoms with Crippen LogP contribution in [0.25, 0.3) is 0 Å². The van der Waals surface area contributed by atoms with Gasteiger partial charge in [0.1, 0.15) is 11.4 Å². The van der Waals surface area contributed by atoms with Gasteiger partial charge in [0.2, 0.25) is 0 Å². The predicted molar refractivity (Wildman–Crippen MR) is 146 cm³/mol. The predicted octanol–water partition coefficient (Wildman–Crippen LogP) is 6.81. The minimum atomic E-state index is -1.73. The van der Waals surface area contributed by atoms with Crippen molar-refractivity contribution in [2.45, 2.75) is 103 Å². The third-order valence-corrected chi connectivity index (χ3v) is 12.3. The van der Waals surface area contributed by atoms with E-state index in [0.29, 0.717) is 13.2 Å². The highest BCUT2D eigenvalue weighted by atomic mass is 28.4. The summed E-state index contributed by atoms with van der Waals surface area (Å²) in [6.45, 7) is 14.5. The summed E-state index contributed by atoms with van der Waals surface area (Å²) in [5.41, 5.74) is 3.39. The Morgan fingerprint density at radius 3 is 2.31 bits per heavy atom. The summed E-state index contributed by atoms with van der Waals surface area (Å²) < 4.78 is 23.7. The lowest BCUT2D eigenvalue weighted by Crippen LogP contribution is -2.40. The van der Waals surface area contributed by atoms with Crippen molar-refractivity contribution >= 4 is 8.32 Å². The second kappa shape index (κ2) is 14.3. The normalized spacial score (nSPS) is 21.8. The van der Waals surface area contributed by atoms with Crippen LogP contribution in [0.3, 0.4) is 0 Å². The van der Waals surface area contributed by atoms with Crippen molar-refractivity contribution in [3.63, 3.8) is 0 Å². The zero-order valence-electron chi connectivity index (χ0n) is 23.1. The standard InChI is InChI=1S/C29H48O5Si/c1-8-35(9-2,10-3)34-27(24(5)12-18-28-29(6,22-30)33-28)17-11-23(4)19-20-32-21-25-13-15-26(31-7)16-14-25/h12-16,19,27-28,30H,8-11,17-18,20-22H2,1-7H3/b23-19+,24-12-/t27-,28-,29-/m0/s1.